The van der Waals surface area contributed by atoms with Crippen LogP contribution in [0.3, 0.4) is 0 Å². The average molecular weight is 405 g/mol. The first kappa shape index (κ1) is 20.2. The zero-order valence-corrected chi connectivity index (χ0v) is 17.4. The van der Waals surface area contributed by atoms with E-state index in [0.29, 0.717) is 12.2 Å². The summed E-state index contributed by atoms with van der Waals surface area (Å²) in [5, 5.41) is 4.95. The molecule has 1 aliphatic heterocycles. The summed E-state index contributed by atoms with van der Waals surface area (Å²) in [6.07, 6.45) is 2.61. The molecule has 0 aliphatic carbocycles. The molecule has 1 fully saturated rings. The van der Waals surface area contributed by atoms with E-state index in [-0.39, 0.29) is 5.91 Å². The molecule has 0 atom stereocenters. The van der Waals surface area contributed by atoms with Crippen LogP contribution in [0, 0.1) is 0 Å². The number of amides is 1. The predicted molar refractivity (Wildman–Crippen MR) is 120 cm³/mol. The molecule has 1 aliphatic rings. The Morgan fingerprint density at radius 1 is 1.03 bits per heavy atom. The number of hydrogen-bond donors (Lipinski definition) is 1. The summed E-state index contributed by atoms with van der Waals surface area (Å²) >= 11 is 0. The van der Waals surface area contributed by atoms with Gasteiger partial charge >= 0.3 is 0 Å². The van der Waals surface area contributed by atoms with Crippen LogP contribution in [0.4, 0.5) is 5.69 Å². The number of carbonyl (C=O) groups excluding carboxylic acids is 1. The number of hydrogen-bond acceptors (Lipinski definition) is 5. The normalized spacial score (nSPS) is 14.6. The molecule has 0 saturated carbocycles. The van der Waals surface area contributed by atoms with E-state index < -0.39 is 0 Å². The van der Waals surface area contributed by atoms with Crippen LogP contribution in [0.2, 0.25) is 0 Å². The van der Waals surface area contributed by atoms with Crippen LogP contribution in [0.5, 0.6) is 5.75 Å². The van der Waals surface area contributed by atoms with Crippen LogP contribution in [-0.2, 0) is 0 Å². The van der Waals surface area contributed by atoms with Gasteiger partial charge in [-0.3, -0.25) is 14.7 Å². The number of fused-ring (bicyclic) bond motifs is 1. The zero-order valence-electron chi connectivity index (χ0n) is 17.4. The molecule has 156 valence electrons. The van der Waals surface area contributed by atoms with Gasteiger partial charge < -0.3 is 15.0 Å². The van der Waals surface area contributed by atoms with E-state index in [0.717, 1.165) is 61.4 Å². The number of pyridine rings is 1. The van der Waals surface area contributed by atoms with Crippen molar-refractivity contribution in [2.75, 3.05) is 51.3 Å². The highest BCUT2D eigenvalue weighted by atomic mass is 16.5. The molecule has 1 amide bonds. The Kier molecular flexibility index (Phi) is 6.44. The summed E-state index contributed by atoms with van der Waals surface area (Å²) in [5.41, 5.74) is 1.66. The quantitative estimate of drug-likeness (QED) is 0.613. The van der Waals surface area contributed by atoms with Gasteiger partial charge in [-0.15, -0.1) is 0 Å². The average Bonchev–Trinajstić information content (AvgIpc) is 2.81. The molecule has 1 saturated heterocycles. The van der Waals surface area contributed by atoms with Crippen LogP contribution in [-0.4, -0.2) is 62.2 Å². The summed E-state index contributed by atoms with van der Waals surface area (Å²) in [6.45, 7) is 5.60. The molecule has 2 heterocycles. The summed E-state index contributed by atoms with van der Waals surface area (Å²) in [7, 11) is 1.72. The summed E-state index contributed by atoms with van der Waals surface area (Å²) in [6, 6.07) is 18.0. The number of para-hydroxylation sites is 2. The molecule has 0 radical (unpaired) electrons. The first-order valence-corrected chi connectivity index (χ1v) is 10.5. The van der Waals surface area contributed by atoms with Crippen molar-refractivity contribution in [2.24, 2.45) is 0 Å². The SMILES string of the molecule is COc1ccccc1N1CCN(CCCNC(=O)c2nccc3ccccc23)CC1. The maximum atomic E-state index is 12.6. The third-order valence-electron chi connectivity index (χ3n) is 5.62. The monoisotopic (exact) mass is 404 g/mol. The first-order chi connectivity index (χ1) is 14.8. The van der Waals surface area contributed by atoms with Gasteiger partial charge in [-0.25, -0.2) is 0 Å². The smallest absolute Gasteiger partial charge is 0.270 e. The molecule has 0 spiro atoms. The number of carbonyl (C=O) groups is 1. The lowest BCUT2D eigenvalue weighted by molar-refractivity contribution is 0.0948. The highest BCUT2D eigenvalue weighted by Crippen LogP contribution is 2.28. The Bertz CT molecular complexity index is 994. The molecule has 4 rings (SSSR count). The number of piperazine rings is 1. The molecular formula is C24H28N4O2. The van der Waals surface area contributed by atoms with Crippen molar-refractivity contribution in [1.29, 1.82) is 0 Å². The van der Waals surface area contributed by atoms with E-state index in [2.05, 4.69) is 32.2 Å². The van der Waals surface area contributed by atoms with Crippen LogP contribution in [0.1, 0.15) is 16.9 Å². The minimum absolute atomic E-state index is 0.104. The lowest BCUT2D eigenvalue weighted by Crippen LogP contribution is -2.47. The molecule has 30 heavy (non-hydrogen) atoms. The summed E-state index contributed by atoms with van der Waals surface area (Å²) < 4.78 is 5.49. The number of aromatic nitrogens is 1. The number of ether oxygens (including phenoxy) is 1. The van der Waals surface area contributed by atoms with Gasteiger partial charge in [0, 0.05) is 44.3 Å². The number of anilines is 1. The molecule has 0 bridgehead atoms. The van der Waals surface area contributed by atoms with Gasteiger partial charge in [0.1, 0.15) is 11.4 Å². The van der Waals surface area contributed by atoms with Crippen molar-refractivity contribution in [3.63, 3.8) is 0 Å². The van der Waals surface area contributed by atoms with Gasteiger partial charge in [0.15, 0.2) is 0 Å². The third kappa shape index (κ3) is 4.54. The lowest BCUT2D eigenvalue weighted by Gasteiger charge is -2.36. The van der Waals surface area contributed by atoms with Gasteiger partial charge in [-0.05, 0) is 36.6 Å². The molecule has 0 unspecified atom stereocenters. The van der Waals surface area contributed by atoms with E-state index in [9.17, 15) is 4.79 Å². The van der Waals surface area contributed by atoms with E-state index in [1.807, 2.05) is 42.5 Å². The topological polar surface area (TPSA) is 57.7 Å². The second kappa shape index (κ2) is 9.59. The largest absolute Gasteiger partial charge is 0.495 e. The van der Waals surface area contributed by atoms with Crippen LogP contribution < -0.4 is 15.0 Å². The fourth-order valence-corrected chi connectivity index (χ4v) is 3.99. The van der Waals surface area contributed by atoms with E-state index >= 15 is 0 Å². The fraction of sp³-hybridized carbons (Fsp3) is 0.333. The highest BCUT2D eigenvalue weighted by molar-refractivity contribution is 6.05. The Morgan fingerprint density at radius 2 is 1.80 bits per heavy atom. The Morgan fingerprint density at radius 3 is 2.63 bits per heavy atom. The fourth-order valence-electron chi connectivity index (χ4n) is 3.99. The summed E-state index contributed by atoms with van der Waals surface area (Å²) in [4.78, 5) is 21.7. The number of benzene rings is 2. The second-order valence-corrected chi connectivity index (χ2v) is 7.49. The van der Waals surface area contributed by atoms with Gasteiger partial charge in [-0.1, -0.05) is 36.4 Å². The van der Waals surface area contributed by atoms with Crippen molar-refractivity contribution in [3.05, 3.63) is 66.5 Å². The molecular weight excluding hydrogens is 376 g/mol. The van der Waals surface area contributed by atoms with Crippen molar-refractivity contribution in [1.82, 2.24) is 15.2 Å². The number of methoxy groups -OCH3 is 1. The van der Waals surface area contributed by atoms with Crippen molar-refractivity contribution in [2.45, 2.75) is 6.42 Å². The minimum atomic E-state index is -0.104. The third-order valence-corrected chi connectivity index (χ3v) is 5.62. The Labute approximate surface area is 177 Å². The van der Waals surface area contributed by atoms with Gasteiger partial charge in [-0.2, -0.15) is 0 Å². The minimum Gasteiger partial charge on any atom is -0.495 e. The van der Waals surface area contributed by atoms with Crippen LogP contribution in [0.25, 0.3) is 10.8 Å². The van der Waals surface area contributed by atoms with Gasteiger partial charge in [0.25, 0.3) is 5.91 Å². The van der Waals surface area contributed by atoms with Crippen molar-refractivity contribution >= 4 is 22.4 Å². The molecule has 1 N–H and O–H groups in total. The van der Waals surface area contributed by atoms with Crippen molar-refractivity contribution < 1.29 is 9.53 Å². The predicted octanol–water partition coefficient (Wildman–Crippen LogP) is 3.19. The molecule has 2 aromatic carbocycles. The Balaban J connectivity index is 1.22. The Hall–Kier alpha value is -3.12. The van der Waals surface area contributed by atoms with E-state index in [1.165, 1.54) is 0 Å². The maximum Gasteiger partial charge on any atom is 0.270 e. The molecule has 3 aromatic rings. The van der Waals surface area contributed by atoms with E-state index in [4.69, 9.17) is 4.74 Å². The molecule has 6 nitrogen and oxygen atoms in total. The van der Waals surface area contributed by atoms with Gasteiger partial charge in [0.2, 0.25) is 0 Å². The zero-order chi connectivity index (χ0) is 20.8. The van der Waals surface area contributed by atoms with Crippen LogP contribution in [0.15, 0.2) is 60.8 Å². The molecule has 6 heteroatoms. The standard InChI is InChI=1S/C24H28N4O2/c1-30-22-10-5-4-9-21(22)28-17-15-27(16-18-28)14-6-12-26-24(29)23-20-8-3-2-7-19(20)11-13-25-23/h2-5,7-11,13H,6,12,14-18H2,1H3,(H,26,29). The summed E-state index contributed by atoms with van der Waals surface area (Å²) in [5.74, 6) is 0.823. The van der Waals surface area contributed by atoms with Crippen LogP contribution >= 0.6 is 0 Å². The maximum absolute atomic E-state index is 12.6. The first-order valence-electron chi connectivity index (χ1n) is 10.5. The lowest BCUT2D eigenvalue weighted by atomic mass is 10.1. The number of nitrogens with zero attached hydrogens (tertiary/aromatic N) is 3. The van der Waals surface area contributed by atoms with E-state index in [1.54, 1.807) is 13.3 Å². The number of rotatable bonds is 7. The van der Waals surface area contributed by atoms with Crippen molar-refractivity contribution in [3.8, 4) is 5.75 Å². The molecule has 1 aromatic heterocycles. The van der Waals surface area contributed by atoms with Gasteiger partial charge in [0.05, 0.1) is 12.8 Å². The highest BCUT2D eigenvalue weighted by Gasteiger charge is 2.19. The number of nitrogens with one attached hydrogen (secondary N) is 1. The second-order valence-electron chi connectivity index (χ2n) is 7.49.